The van der Waals surface area contributed by atoms with Gasteiger partial charge < -0.3 is 4.74 Å². The number of Topliss-reactive ketones (excluding diaryl/α,β-unsaturated/α-hetero) is 1. The zero-order valence-corrected chi connectivity index (χ0v) is 11.0. The summed E-state index contributed by atoms with van der Waals surface area (Å²) in [4.78, 5) is 19.6. The number of hydrogen-bond acceptors (Lipinski definition) is 4. The third-order valence-electron chi connectivity index (χ3n) is 2.76. The molecule has 0 amide bonds. The maximum Gasteiger partial charge on any atom is 0.416 e. The van der Waals surface area contributed by atoms with Crippen LogP contribution < -0.4 is 4.74 Å². The number of rotatable bonds is 4. The van der Waals surface area contributed by atoms with Crippen LogP contribution in [0.1, 0.15) is 21.6 Å². The lowest BCUT2D eigenvalue weighted by Crippen LogP contribution is -2.09. The predicted octanol–water partition coefficient (Wildman–Crippen LogP) is 2.93. The van der Waals surface area contributed by atoms with E-state index in [9.17, 15) is 18.0 Å². The van der Waals surface area contributed by atoms with Gasteiger partial charge >= 0.3 is 6.18 Å². The molecule has 0 atom stereocenters. The monoisotopic (exact) mass is 296 g/mol. The minimum Gasteiger partial charge on any atom is -0.481 e. The molecule has 2 aromatic rings. The molecule has 7 heteroatoms. The highest BCUT2D eigenvalue weighted by molar-refractivity contribution is 5.95. The summed E-state index contributed by atoms with van der Waals surface area (Å²) in [5.41, 5.74) is -0.417. The van der Waals surface area contributed by atoms with Crippen LogP contribution in [0, 0.1) is 0 Å². The second-order valence-electron chi connectivity index (χ2n) is 4.24. The number of carbonyl (C=O) groups is 1. The maximum atomic E-state index is 12.6. The minimum absolute atomic E-state index is 0.0965. The molecule has 0 fully saturated rings. The molecule has 1 aromatic carbocycles. The topological polar surface area (TPSA) is 52.1 Å². The predicted molar refractivity (Wildman–Crippen MR) is 68.1 cm³/mol. The third-order valence-corrected chi connectivity index (χ3v) is 2.76. The van der Waals surface area contributed by atoms with E-state index in [0.29, 0.717) is 0 Å². The van der Waals surface area contributed by atoms with Gasteiger partial charge in [0.25, 0.3) is 0 Å². The Hall–Kier alpha value is -2.44. The van der Waals surface area contributed by atoms with Crippen molar-refractivity contribution in [1.82, 2.24) is 9.97 Å². The number of ether oxygens (including phenoxy) is 1. The average molecular weight is 296 g/mol. The van der Waals surface area contributed by atoms with Gasteiger partial charge in [-0.1, -0.05) is 18.2 Å². The molecule has 0 aliphatic rings. The van der Waals surface area contributed by atoms with Crippen molar-refractivity contribution in [2.45, 2.75) is 12.6 Å². The van der Waals surface area contributed by atoms with Crippen LogP contribution in [0.25, 0.3) is 0 Å². The van der Waals surface area contributed by atoms with Crippen molar-refractivity contribution in [3.05, 3.63) is 53.5 Å². The molecule has 0 unspecified atom stereocenters. The lowest BCUT2D eigenvalue weighted by molar-refractivity contribution is -0.137. The van der Waals surface area contributed by atoms with E-state index in [0.717, 1.165) is 18.5 Å². The Balaban J connectivity index is 2.19. The highest BCUT2D eigenvalue weighted by Gasteiger charge is 2.30. The van der Waals surface area contributed by atoms with E-state index in [4.69, 9.17) is 4.74 Å². The highest BCUT2D eigenvalue weighted by Crippen LogP contribution is 2.29. The molecule has 0 saturated heterocycles. The summed E-state index contributed by atoms with van der Waals surface area (Å²) < 4.78 is 42.7. The fourth-order valence-corrected chi connectivity index (χ4v) is 1.74. The molecule has 0 aliphatic heterocycles. The number of hydrogen-bond donors (Lipinski definition) is 0. The maximum absolute atomic E-state index is 12.6. The molecule has 0 bridgehead atoms. The van der Waals surface area contributed by atoms with Gasteiger partial charge in [0.05, 0.1) is 12.7 Å². The van der Waals surface area contributed by atoms with Crippen LogP contribution in [0.5, 0.6) is 5.88 Å². The first kappa shape index (κ1) is 15.0. The third kappa shape index (κ3) is 3.77. The second kappa shape index (κ2) is 5.90. The van der Waals surface area contributed by atoms with E-state index in [1.807, 2.05) is 0 Å². The first-order valence-corrected chi connectivity index (χ1v) is 5.95. The normalized spacial score (nSPS) is 11.2. The smallest absolute Gasteiger partial charge is 0.416 e. The molecule has 2 rings (SSSR count). The van der Waals surface area contributed by atoms with Crippen LogP contribution >= 0.6 is 0 Å². The molecular formula is C14H11F3N2O2. The summed E-state index contributed by atoms with van der Waals surface area (Å²) in [6.07, 6.45) is -3.44. The lowest BCUT2D eigenvalue weighted by Gasteiger charge is -2.08. The van der Waals surface area contributed by atoms with E-state index >= 15 is 0 Å². The highest BCUT2D eigenvalue weighted by atomic mass is 19.4. The van der Waals surface area contributed by atoms with Crippen LogP contribution in [0.4, 0.5) is 13.2 Å². The summed E-state index contributed by atoms with van der Waals surface area (Å²) in [6.45, 7) is 0. The fraction of sp³-hybridized carbons (Fsp3) is 0.214. The molecule has 0 aliphatic carbocycles. The number of alkyl halides is 3. The number of benzene rings is 1. The quantitative estimate of drug-likeness (QED) is 0.814. The number of methoxy groups -OCH3 is 1. The Morgan fingerprint density at radius 1 is 1.24 bits per heavy atom. The van der Waals surface area contributed by atoms with E-state index in [1.54, 1.807) is 0 Å². The van der Waals surface area contributed by atoms with E-state index in [2.05, 4.69) is 9.97 Å². The van der Waals surface area contributed by atoms with Crippen molar-refractivity contribution in [1.29, 1.82) is 0 Å². The van der Waals surface area contributed by atoms with E-state index < -0.39 is 17.5 Å². The molecule has 4 nitrogen and oxygen atoms in total. The Labute approximate surface area is 118 Å². The molecule has 0 saturated carbocycles. The fourth-order valence-electron chi connectivity index (χ4n) is 1.74. The molecular weight excluding hydrogens is 285 g/mol. The molecule has 21 heavy (non-hydrogen) atoms. The van der Waals surface area contributed by atoms with Crippen LogP contribution in [-0.2, 0) is 12.6 Å². The number of ketones is 1. The standard InChI is InChI=1S/C14H11F3N2O2/c1-21-13-7-11(18-8-19-13)12(20)6-9-3-2-4-10(5-9)14(15,16)17/h2-5,7-8H,6H2,1H3. The minimum atomic E-state index is -4.43. The van der Waals surface area contributed by atoms with Gasteiger partial charge in [-0.05, 0) is 11.6 Å². The number of aromatic nitrogens is 2. The van der Waals surface area contributed by atoms with Crippen LogP contribution in [0.3, 0.4) is 0 Å². The summed E-state index contributed by atoms with van der Waals surface area (Å²) >= 11 is 0. The summed E-state index contributed by atoms with van der Waals surface area (Å²) in [5, 5.41) is 0. The van der Waals surface area contributed by atoms with Gasteiger partial charge in [0.1, 0.15) is 12.0 Å². The van der Waals surface area contributed by atoms with Gasteiger partial charge in [-0.15, -0.1) is 0 Å². The van der Waals surface area contributed by atoms with Gasteiger partial charge in [0.15, 0.2) is 5.78 Å². The Kier molecular flexibility index (Phi) is 4.21. The van der Waals surface area contributed by atoms with Gasteiger partial charge in [-0.25, -0.2) is 9.97 Å². The zero-order valence-electron chi connectivity index (χ0n) is 11.0. The van der Waals surface area contributed by atoms with Crippen molar-refractivity contribution in [3.63, 3.8) is 0 Å². The molecule has 0 N–H and O–H groups in total. The summed E-state index contributed by atoms with van der Waals surface area (Å²) in [5.74, 6) is -0.188. The van der Waals surface area contributed by atoms with Gasteiger partial charge in [-0.2, -0.15) is 13.2 Å². The van der Waals surface area contributed by atoms with Crippen LogP contribution in [0.2, 0.25) is 0 Å². The average Bonchev–Trinajstić information content (AvgIpc) is 2.46. The first-order valence-electron chi connectivity index (χ1n) is 5.95. The largest absolute Gasteiger partial charge is 0.481 e. The Morgan fingerprint density at radius 3 is 2.67 bits per heavy atom. The number of nitrogens with zero attached hydrogens (tertiary/aromatic N) is 2. The Bertz CT molecular complexity index is 657. The number of halogens is 3. The first-order chi connectivity index (χ1) is 9.90. The SMILES string of the molecule is COc1cc(C(=O)Cc2cccc(C(F)(F)F)c2)ncn1. The van der Waals surface area contributed by atoms with Crippen molar-refractivity contribution in [2.24, 2.45) is 0 Å². The van der Waals surface area contributed by atoms with Crippen LogP contribution in [-0.4, -0.2) is 22.9 Å². The zero-order chi connectivity index (χ0) is 15.5. The molecule has 0 spiro atoms. The van der Waals surface area contributed by atoms with Crippen molar-refractivity contribution in [2.75, 3.05) is 7.11 Å². The molecule has 0 radical (unpaired) electrons. The van der Waals surface area contributed by atoms with Crippen molar-refractivity contribution in [3.8, 4) is 5.88 Å². The van der Waals surface area contributed by atoms with Gasteiger partial charge in [0, 0.05) is 12.5 Å². The van der Waals surface area contributed by atoms with E-state index in [-0.39, 0.29) is 23.6 Å². The molecule has 1 heterocycles. The van der Waals surface area contributed by atoms with Gasteiger partial charge in [0.2, 0.25) is 5.88 Å². The van der Waals surface area contributed by atoms with Crippen molar-refractivity contribution < 1.29 is 22.7 Å². The van der Waals surface area contributed by atoms with Crippen LogP contribution in [0.15, 0.2) is 36.7 Å². The summed E-state index contributed by atoms with van der Waals surface area (Å²) in [7, 11) is 1.39. The lowest BCUT2D eigenvalue weighted by atomic mass is 10.0. The summed E-state index contributed by atoms with van der Waals surface area (Å²) in [6, 6.07) is 5.99. The number of carbonyl (C=O) groups excluding carboxylic acids is 1. The second-order valence-corrected chi connectivity index (χ2v) is 4.24. The Morgan fingerprint density at radius 2 is 2.00 bits per heavy atom. The van der Waals surface area contributed by atoms with E-state index in [1.165, 1.54) is 25.3 Å². The van der Waals surface area contributed by atoms with Gasteiger partial charge in [-0.3, -0.25) is 4.79 Å². The molecule has 110 valence electrons. The molecule has 1 aromatic heterocycles. The van der Waals surface area contributed by atoms with Crippen molar-refractivity contribution >= 4 is 5.78 Å².